The zero-order chi connectivity index (χ0) is 20.4. The summed E-state index contributed by atoms with van der Waals surface area (Å²) in [6.07, 6.45) is 4.19. The lowest BCUT2D eigenvalue weighted by molar-refractivity contribution is 0.0718. The second-order valence-electron chi connectivity index (χ2n) is 7.58. The molecule has 30 heavy (non-hydrogen) atoms. The maximum atomic E-state index is 13.9. The van der Waals surface area contributed by atoms with Gasteiger partial charge in [-0.25, -0.2) is 8.78 Å². The number of hydrogen-bond acceptors (Lipinski definition) is 3. The first-order valence-corrected chi connectivity index (χ1v) is 9.95. The first kappa shape index (κ1) is 22.2. The number of aryl methyl sites for hydroxylation is 1. The molecule has 0 fully saturated rings. The number of amides is 1. The summed E-state index contributed by atoms with van der Waals surface area (Å²) in [5, 5.41) is 2.75. The Morgan fingerprint density at radius 2 is 1.93 bits per heavy atom. The van der Waals surface area contributed by atoms with Crippen molar-refractivity contribution >= 4 is 23.9 Å². The summed E-state index contributed by atoms with van der Waals surface area (Å²) in [7, 11) is 0. The third-order valence-corrected chi connectivity index (χ3v) is 5.53. The molecular weight excluding hydrogens is 410 g/mol. The van der Waals surface area contributed by atoms with E-state index in [9.17, 15) is 13.6 Å². The molecule has 0 aromatic heterocycles. The SMILES string of the molecule is Cc1ccc(F)c2c1OC(CCCN1CC=C(c3ccc(F)cc3)CC1)NC2=O.Cl. The van der Waals surface area contributed by atoms with Crippen LogP contribution < -0.4 is 10.1 Å². The summed E-state index contributed by atoms with van der Waals surface area (Å²) in [5.74, 6) is -0.839. The Kier molecular flexibility index (Phi) is 7.10. The molecule has 0 radical (unpaired) electrons. The fourth-order valence-electron chi connectivity index (χ4n) is 3.89. The number of nitrogens with zero attached hydrogens (tertiary/aromatic N) is 1. The van der Waals surface area contributed by atoms with E-state index in [0.29, 0.717) is 12.2 Å². The minimum absolute atomic E-state index is 0. The number of benzene rings is 2. The van der Waals surface area contributed by atoms with Gasteiger partial charge >= 0.3 is 0 Å². The number of carbonyl (C=O) groups excluding carboxylic acids is 1. The van der Waals surface area contributed by atoms with Crippen LogP contribution >= 0.6 is 12.4 Å². The van der Waals surface area contributed by atoms with Crippen molar-refractivity contribution in [1.82, 2.24) is 10.2 Å². The normalized spacial score (nSPS) is 18.6. The molecule has 4 nitrogen and oxygen atoms in total. The van der Waals surface area contributed by atoms with E-state index in [2.05, 4.69) is 16.3 Å². The minimum Gasteiger partial charge on any atom is -0.469 e. The smallest absolute Gasteiger partial charge is 0.260 e. The van der Waals surface area contributed by atoms with Crippen LogP contribution in [0, 0.1) is 18.6 Å². The molecule has 2 aromatic carbocycles. The number of rotatable bonds is 5. The fourth-order valence-corrected chi connectivity index (χ4v) is 3.89. The number of ether oxygens (including phenoxy) is 1. The third-order valence-electron chi connectivity index (χ3n) is 5.53. The quantitative estimate of drug-likeness (QED) is 0.740. The highest BCUT2D eigenvalue weighted by Crippen LogP contribution is 2.30. The first-order chi connectivity index (χ1) is 14.0. The third kappa shape index (κ3) is 4.82. The highest BCUT2D eigenvalue weighted by Gasteiger charge is 2.29. The van der Waals surface area contributed by atoms with E-state index in [1.54, 1.807) is 6.07 Å². The van der Waals surface area contributed by atoms with Crippen molar-refractivity contribution < 1.29 is 18.3 Å². The molecule has 0 saturated carbocycles. The second-order valence-corrected chi connectivity index (χ2v) is 7.58. The van der Waals surface area contributed by atoms with Crippen LogP contribution in [0.1, 0.15) is 40.7 Å². The zero-order valence-corrected chi connectivity index (χ0v) is 17.6. The topological polar surface area (TPSA) is 41.6 Å². The van der Waals surface area contributed by atoms with Gasteiger partial charge in [-0.15, -0.1) is 12.4 Å². The van der Waals surface area contributed by atoms with Crippen LogP contribution in [0.2, 0.25) is 0 Å². The molecule has 2 aliphatic heterocycles. The molecule has 0 bridgehead atoms. The van der Waals surface area contributed by atoms with Crippen molar-refractivity contribution in [2.75, 3.05) is 19.6 Å². The largest absolute Gasteiger partial charge is 0.469 e. The molecule has 1 amide bonds. The highest BCUT2D eigenvalue weighted by atomic mass is 35.5. The van der Waals surface area contributed by atoms with Gasteiger partial charge in [0, 0.05) is 19.5 Å². The van der Waals surface area contributed by atoms with Crippen LogP contribution in [0.3, 0.4) is 0 Å². The highest BCUT2D eigenvalue weighted by molar-refractivity contribution is 5.98. The van der Waals surface area contributed by atoms with Crippen LogP contribution in [-0.4, -0.2) is 36.7 Å². The van der Waals surface area contributed by atoms with Crippen molar-refractivity contribution in [1.29, 1.82) is 0 Å². The predicted molar refractivity (Wildman–Crippen MR) is 115 cm³/mol. The Morgan fingerprint density at radius 3 is 2.63 bits per heavy atom. The molecule has 2 heterocycles. The standard InChI is InChI=1S/C23H24F2N2O2.ClH/c1-15-4-9-19(25)21-22(15)29-20(26-23(21)28)3-2-12-27-13-10-17(11-14-27)16-5-7-18(24)8-6-16;/h4-10,20H,2-3,11-14H2,1H3,(H,26,28);1H. The average Bonchev–Trinajstić information content (AvgIpc) is 2.72. The van der Waals surface area contributed by atoms with Crippen molar-refractivity contribution in [3.05, 3.63) is 70.8 Å². The summed E-state index contributed by atoms with van der Waals surface area (Å²) in [5.41, 5.74) is 3.08. The number of carbonyl (C=O) groups is 1. The van der Waals surface area contributed by atoms with Gasteiger partial charge in [0.1, 0.15) is 22.9 Å². The molecular formula is C23H25ClF2N2O2. The Labute approximate surface area is 181 Å². The van der Waals surface area contributed by atoms with Gasteiger partial charge in [-0.1, -0.05) is 24.3 Å². The second kappa shape index (κ2) is 9.58. The van der Waals surface area contributed by atoms with E-state index < -0.39 is 18.0 Å². The van der Waals surface area contributed by atoms with Crippen molar-refractivity contribution in [2.45, 2.75) is 32.4 Å². The van der Waals surface area contributed by atoms with Gasteiger partial charge in [0.25, 0.3) is 5.91 Å². The molecule has 2 aromatic rings. The van der Waals surface area contributed by atoms with Gasteiger partial charge in [-0.05, 0) is 61.2 Å². The van der Waals surface area contributed by atoms with E-state index in [1.807, 2.05) is 19.1 Å². The summed E-state index contributed by atoms with van der Waals surface area (Å²) >= 11 is 0. The van der Waals surface area contributed by atoms with E-state index in [-0.39, 0.29) is 23.8 Å². The molecule has 0 saturated heterocycles. The maximum Gasteiger partial charge on any atom is 0.260 e. The van der Waals surface area contributed by atoms with Crippen LogP contribution in [0.4, 0.5) is 8.78 Å². The van der Waals surface area contributed by atoms with Crippen LogP contribution in [0.15, 0.2) is 42.5 Å². The Balaban J connectivity index is 0.00000256. The summed E-state index contributed by atoms with van der Waals surface area (Å²) in [6.45, 7) is 4.48. The number of hydrogen-bond donors (Lipinski definition) is 1. The molecule has 7 heteroatoms. The number of nitrogens with one attached hydrogen (secondary N) is 1. The van der Waals surface area contributed by atoms with E-state index in [1.165, 1.54) is 23.8 Å². The molecule has 0 spiro atoms. The molecule has 1 N–H and O–H groups in total. The zero-order valence-electron chi connectivity index (χ0n) is 16.8. The van der Waals surface area contributed by atoms with Gasteiger partial charge in [0.05, 0.1) is 0 Å². The molecule has 4 rings (SSSR count). The average molecular weight is 435 g/mol. The monoisotopic (exact) mass is 434 g/mol. The van der Waals surface area contributed by atoms with E-state index in [4.69, 9.17) is 4.74 Å². The van der Waals surface area contributed by atoms with Gasteiger partial charge in [0.2, 0.25) is 0 Å². The fraction of sp³-hybridized carbons (Fsp3) is 0.348. The van der Waals surface area contributed by atoms with Gasteiger partial charge < -0.3 is 10.1 Å². The summed E-state index contributed by atoms with van der Waals surface area (Å²) in [4.78, 5) is 14.6. The molecule has 0 aliphatic carbocycles. The van der Waals surface area contributed by atoms with E-state index >= 15 is 0 Å². The Bertz CT molecular complexity index is 947. The van der Waals surface area contributed by atoms with Crippen LogP contribution in [-0.2, 0) is 0 Å². The number of halogens is 3. The maximum absolute atomic E-state index is 13.9. The van der Waals surface area contributed by atoms with E-state index in [0.717, 1.165) is 43.6 Å². The van der Waals surface area contributed by atoms with Crippen molar-refractivity contribution in [3.8, 4) is 5.75 Å². The molecule has 160 valence electrons. The van der Waals surface area contributed by atoms with Crippen LogP contribution in [0.5, 0.6) is 5.75 Å². The molecule has 1 atom stereocenters. The van der Waals surface area contributed by atoms with Gasteiger partial charge in [0.15, 0.2) is 6.23 Å². The van der Waals surface area contributed by atoms with Crippen LogP contribution in [0.25, 0.3) is 5.57 Å². The van der Waals surface area contributed by atoms with Gasteiger partial charge in [-0.2, -0.15) is 0 Å². The lowest BCUT2D eigenvalue weighted by Gasteiger charge is -2.30. The number of fused-ring (bicyclic) bond motifs is 1. The van der Waals surface area contributed by atoms with Crippen molar-refractivity contribution in [2.24, 2.45) is 0 Å². The van der Waals surface area contributed by atoms with Gasteiger partial charge in [-0.3, -0.25) is 9.69 Å². The minimum atomic E-state index is -0.557. The Hall–Kier alpha value is -2.44. The summed E-state index contributed by atoms with van der Waals surface area (Å²) < 4.78 is 32.9. The molecule has 1 unspecified atom stereocenters. The molecule has 2 aliphatic rings. The first-order valence-electron chi connectivity index (χ1n) is 9.95. The lowest BCUT2D eigenvalue weighted by Crippen LogP contribution is -2.44. The van der Waals surface area contributed by atoms with Crippen molar-refractivity contribution in [3.63, 3.8) is 0 Å². The Morgan fingerprint density at radius 1 is 1.17 bits per heavy atom. The predicted octanol–water partition coefficient (Wildman–Crippen LogP) is 4.71. The lowest BCUT2D eigenvalue weighted by atomic mass is 9.99. The summed E-state index contributed by atoms with van der Waals surface area (Å²) in [6, 6.07) is 9.55.